The van der Waals surface area contributed by atoms with Gasteiger partial charge in [0.25, 0.3) is 11.5 Å². The number of amides is 1. The molecule has 1 saturated carbocycles. The van der Waals surface area contributed by atoms with Gasteiger partial charge in [-0.2, -0.15) is 0 Å². The van der Waals surface area contributed by atoms with Crippen molar-refractivity contribution in [3.8, 4) is 11.1 Å². The van der Waals surface area contributed by atoms with Crippen molar-refractivity contribution in [2.45, 2.75) is 56.6 Å². The number of hydrogen-bond donors (Lipinski definition) is 1. The Kier molecular flexibility index (Phi) is 4.54. The topological polar surface area (TPSA) is 75.4 Å². The van der Waals surface area contributed by atoms with Gasteiger partial charge in [0.05, 0.1) is 0 Å². The largest absolute Gasteiger partial charge is 0.380 e. The molecule has 0 aromatic carbocycles. The Morgan fingerprint density at radius 1 is 1.10 bits per heavy atom. The molecule has 3 aliphatic rings. The average molecular weight is 393 g/mol. The summed E-state index contributed by atoms with van der Waals surface area (Å²) < 4.78 is 1.88. The molecule has 2 fully saturated rings. The number of rotatable bonds is 2. The van der Waals surface area contributed by atoms with Gasteiger partial charge in [0.1, 0.15) is 5.60 Å². The van der Waals surface area contributed by atoms with Gasteiger partial charge in [-0.25, -0.2) is 0 Å². The van der Waals surface area contributed by atoms with Crippen LogP contribution in [0.5, 0.6) is 0 Å². The third-order valence-electron chi connectivity index (χ3n) is 6.92. The zero-order valence-corrected chi connectivity index (χ0v) is 16.6. The maximum absolute atomic E-state index is 13.2. The lowest BCUT2D eigenvalue weighted by atomic mass is 9.79. The van der Waals surface area contributed by atoms with Crippen LogP contribution >= 0.6 is 0 Å². The van der Waals surface area contributed by atoms with Crippen LogP contribution in [-0.4, -0.2) is 44.2 Å². The summed E-state index contributed by atoms with van der Waals surface area (Å²) in [4.78, 5) is 32.0. The van der Waals surface area contributed by atoms with Crippen molar-refractivity contribution in [3.05, 3.63) is 52.7 Å². The molecule has 2 aromatic rings. The van der Waals surface area contributed by atoms with Gasteiger partial charge in [0.2, 0.25) is 0 Å². The molecule has 6 nitrogen and oxygen atoms in total. The van der Waals surface area contributed by atoms with Crippen molar-refractivity contribution in [1.29, 1.82) is 0 Å². The summed E-state index contributed by atoms with van der Waals surface area (Å²) in [5.41, 5.74) is 1.63. The van der Waals surface area contributed by atoms with Gasteiger partial charge < -0.3 is 14.6 Å². The molecule has 5 rings (SSSR count). The highest BCUT2D eigenvalue weighted by atomic mass is 16.3. The number of aliphatic hydroxyl groups is 1. The minimum atomic E-state index is -1.19. The van der Waals surface area contributed by atoms with E-state index in [4.69, 9.17) is 0 Å². The fourth-order valence-corrected chi connectivity index (χ4v) is 5.47. The number of hydrogen-bond acceptors (Lipinski definition) is 4. The number of likely N-dealkylation sites (tertiary alicyclic amines) is 1. The normalized spacial score (nSPS) is 25.3. The molecule has 152 valence electrons. The Morgan fingerprint density at radius 2 is 1.93 bits per heavy atom. The average Bonchev–Trinajstić information content (AvgIpc) is 2.75. The third-order valence-corrected chi connectivity index (χ3v) is 6.92. The molecule has 6 heteroatoms. The van der Waals surface area contributed by atoms with Gasteiger partial charge in [-0.1, -0.05) is 25.3 Å². The molecule has 0 unspecified atom stereocenters. The van der Waals surface area contributed by atoms with Crippen LogP contribution in [0.15, 0.2) is 41.5 Å². The van der Waals surface area contributed by atoms with Gasteiger partial charge in [-0.05, 0) is 42.9 Å². The van der Waals surface area contributed by atoms with E-state index in [0.29, 0.717) is 32.5 Å². The minimum Gasteiger partial charge on any atom is -0.380 e. The predicted molar refractivity (Wildman–Crippen MR) is 109 cm³/mol. The minimum absolute atomic E-state index is 0.0155. The van der Waals surface area contributed by atoms with E-state index in [2.05, 4.69) is 11.1 Å². The third kappa shape index (κ3) is 3.29. The fourth-order valence-electron chi connectivity index (χ4n) is 5.47. The van der Waals surface area contributed by atoms with Crippen molar-refractivity contribution < 1.29 is 9.90 Å². The molecule has 1 saturated heterocycles. The number of aromatic nitrogens is 2. The van der Waals surface area contributed by atoms with Gasteiger partial charge in [-0.15, -0.1) is 0 Å². The van der Waals surface area contributed by atoms with E-state index in [1.54, 1.807) is 18.5 Å². The van der Waals surface area contributed by atoms with E-state index in [1.165, 1.54) is 0 Å². The van der Waals surface area contributed by atoms with Crippen LogP contribution in [0.3, 0.4) is 0 Å². The van der Waals surface area contributed by atoms with Crippen LogP contribution in [-0.2, 0) is 11.3 Å². The molecule has 0 radical (unpaired) electrons. The highest BCUT2D eigenvalue weighted by molar-refractivity contribution is 5.85. The van der Waals surface area contributed by atoms with Gasteiger partial charge in [0.15, 0.2) is 0 Å². The van der Waals surface area contributed by atoms with Gasteiger partial charge in [-0.3, -0.25) is 14.6 Å². The van der Waals surface area contributed by atoms with Crippen molar-refractivity contribution in [2.24, 2.45) is 5.92 Å². The van der Waals surface area contributed by atoms with Crippen LogP contribution < -0.4 is 5.56 Å². The SMILES string of the molecule is O=C(N1C[C@@H]2C[C@H](C1)c1cc(-c3cccnc3)cc(=O)n1C2)C1(O)CCCCC1. The fraction of sp³-hybridized carbons (Fsp3) is 0.522. The summed E-state index contributed by atoms with van der Waals surface area (Å²) in [6.45, 7) is 1.85. The van der Waals surface area contributed by atoms with Crippen molar-refractivity contribution in [3.63, 3.8) is 0 Å². The first-order valence-corrected chi connectivity index (χ1v) is 10.7. The lowest BCUT2D eigenvalue weighted by Gasteiger charge is -2.45. The molecule has 29 heavy (non-hydrogen) atoms. The van der Waals surface area contributed by atoms with E-state index >= 15 is 0 Å². The molecule has 1 aliphatic carbocycles. The second-order valence-corrected chi connectivity index (χ2v) is 8.96. The number of fused-ring (bicyclic) bond motifs is 4. The van der Waals surface area contributed by atoms with Crippen LogP contribution in [0.1, 0.15) is 50.1 Å². The van der Waals surface area contributed by atoms with E-state index in [-0.39, 0.29) is 23.3 Å². The summed E-state index contributed by atoms with van der Waals surface area (Å²) in [5.74, 6) is 0.286. The maximum Gasteiger partial charge on any atom is 0.254 e. The number of carbonyl (C=O) groups is 1. The Bertz CT molecular complexity index is 979. The predicted octanol–water partition coefficient (Wildman–Crippen LogP) is 2.55. The smallest absolute Gasteiger partial charge is 0.254 e. The van der Waals surface area contributed by atoms with Crippen LogP contribution in [0, 0.1) is 5.92 Å². The lowest BCUT2D eigenvalue weighted by Crippen LogP contribution is -2.56. The van der Waals surface area contributed by atoms with Gasteiger partial charge in [0, 0.05) is 55.3 Å². The van der Waals surface area contributed by atoms with E-state index in [1.807, 2.05) is 21.6 Å². The summed E-state index contributed by atoms with van der Waals surface area (Å²) in [6.07, 6.45) is 8.53. The van der Waals surface area contributed by atoms with Crippen molar-refractivity contribution >= 4 is 5.91 Å². The summed E-state index contributed by atoms with van der Waals surface area (Å²) in [6, 6.07) is 7.60. The maximum atomic E-state index is 13.2. The second-order valence-electron chi connectivity index (χ2n) is 8.96. The van der Waals surface area contributed by atoms with E-state index in [0.717, 1.165) is 42.5 Å². The molecule has 4 heterocycles. The van der Waals surface area contributed by atoms with Crippen molar-refractivity contribution in [1.82, 2.24) is 14.5 Å². The van der Waals surface area contributed by atoms with Crippen molar-refractivity contribution in [2.75, 3.05) is 13.1 Å². The van der Waals surface area contributed by atoms with E-state index in [9.17, 15) is 14.7 Å². The molecular weight excluding hydrogens is 366 g/mol. The lowest BCUT2D eigenvalue weighted by molar-refractivity contribution is -0.157. The van der Waals surface area contributed by atoms with E-state index < -0.39 is 5.60 Å². The molecule has 2 bridgehead atoms. The number of piperidine rings is 1. The number of nitrogens with zero attached hydrogens (tertiary/aromatic N) is 3. The molecule has 2 atom stereocenters. The molecule has 2 aliphatic heterocycles. The standard InChI is InChI=1S/C23H27N3O3/c27-21-11-18(17-5-4-8-24-12-17)10-20-19-9-16(14-26(20)21)13-25(15-19)22(28)23(29)6-2-1-3-7-23/h4-5,8,10-12,16,19,29H,1-3,6-7,9,13-15H2/t16-,19+/m0/s1. The Balaban J connectivity index is 1.46. The second kappa shape index (κ2) is 7.10. The Labute approximate surface area is 170 Å². The molecular formula is C23H27N3O3. The molecule has 1 amide bonds. The molecule has 1 N–H and O–H groups in total. The quantitative estimate of drug-likeness (QED) is 0.851. The zero-order chi connectivity index (χ0) is 20.0. The van der Waals surface area contributed by atoms with Gasteiger partial charge >= 0.3 is 0 Å². The zero-order valence-electron chi connectivity index (χ0n) is 16.6. The highest BCUT2D eigenvalue weighted by Gasteiger charge is 2.44. The first-order chi connectivity index (χ1) is 14.0. The number of pyridine rings is 2. The molecule has 2 aromatic heterocycles. The molecule has 0 spiro atoms. The first kappa shape index (κ1) is 18.6. The summed E-state index contributed by atoms with van der Waals surface area (Å²) >= 11 is 0. The highest BCUT2D eigenvalue weighted by Crippen LogP contribution is 2.38. The van der Waals surface area contributed by atoms with Crippen LogP contribution in [0.2, 0.25) is 0 Å². The summed E-state index contributed by atoms with van der Waals surface area (Å²) in [5, 5.41) is 10.9. The summed E-state index contributed by atoms with van der Waals surface area (Å²) in [7, 11) is 0. The van der Waals surface area contributed by atoms with Crippen LogP contribution in [0.4, 0.5) is 0 Å². The monoisotopic (exact) mass is 393 g/mol. The Hall–Kier alpha value is -2.47. The first-order valence-electron chi connectivity index (χ1n) is 10.7. The van der Waals surface area contributed by atoms with Crippen LogP contribution in [0.25, 0.3) is 11.1 Å². The number of carbonyl (C=O) groups excluding carboxylic acids is 1. The Morgan fingerprint density at radius 3 is 2.69 bits per heavy atom.